The van der Waals surface area contributed by atoms with Crippen LogP contribution in [0, 0.1) is 0 Å². The average Bonchev–Trinajstić information content (AvgIpc) is 3.25. The van der Waals surface area contributed by atoms with Gasteiger partial charge in [-0.15, -0.1) is 35.3 Å². The summed E-state index contributed by atoms with van der Waals surface area (Å²) in [5, 5.41) is 5.56. The fourth-order valence-electron chi connectivity index (χ4n) is 2.83. The molecule has 1 aromatic heterocycles. The van der Waals surface area contributed by atoms with Crippen LogP contribution in [-0.4, -0.2) is 76.9 Å². The van der Waals surface area contributed by atoms with E-state index >= 15 is 0 Å². The number of methoxy groups -OCH3 is 1. The lowest BCUT2D eigenvalue weighted by atomic mass is 10.2. The number of nitrogens with zero attached hydrogens (tertiary/aromatic N) is 3. The Balaban J connectivity index is 0.00000450. The van der Waals surface area contributed by atoms with Crippen molar-refractivity contribution in [2.75, 3.05) is 61.1 Å². The van der Waals surface area contributed by atoms with Gasteiger partial charge in [0.1, 0.15) is 12.4 Å². The van der Waals surface area contributed by atoms with Crippen LogP contribution < -0.4 is 10.1 Å². The quantitative estimate of drug-likeness (QED) is 0.251. The molecule has 1 aromatic carbocycles. The van der Waals surface area contributed by atoms with Crippen LogP contribution in [0.2, 0.25) is 0 Å². The molecule has 0 aliphatic rings. The molecule has 0 bridgehead atoms. The van der Waals surface area contributed by atoms with Crippen LogP contribution in [0.25, 0.3) is 0 Å². The molecular formula is C22H35IN4O2S. The smallest absolute Gasteiger partial charge is 0.193 e. The van der Waals surface area contributed by atoms with Crippen LogP contribution in [0.1, 0.15) is 10.4 Å². The average molecular weight is 547 g/mol. The van der Waals surface area contributed by atoms with Crippen LogP contribution in [0.4, 0.5) is 0 Å². The molecule has 2 aromatic rings. The van der Waals surface area contributed by atoms with Crippen molar-refractivity contribution in [1.82, 2.24) is 15.1 Å². The molecule has 6 nitrogen and oxygen atoms in total. The van der Waals surface area contributed by atoms with Gasteiger partial charge < -0.3 is 24.6 Å². The molecule has 1 heterocycles. The van der Waals surface area contributed by atoms with Crippen molar-refractivity contribution in [2.24, 2.45) is 4.99 Å². The number of nitrogens with one attached hydrogen (secondary N) is 1. The number of benzene rings is 1. The lowest BCUT2D eigenvalue weighted by molar-refractivity contribution is 0.150. The van der Waals surface area contributed by atoms with Gasteiger partial charge in [0.2, 0.25) is 0 Å². The number of ether oxygens (including phenoxy) is 2. The standard InChI is InChI=1S/C22H34N4O2S.HI/c1-23-22(26(3)11-10-21-9-6-16-29-21)24-18-19-7-5-8-20(17-19)28-15-13-25(2)12-14-27-4;/h5-9,16-17H,10-15,18H2,1-4H3,(H,23,24);1H. The molecule has 0 amide bonds. The number of hydrogen-bond donors (Lipinski definition) is 1. The van der Waals surface area contributed by atoms with E-state index in [2.05, 4.69) is 63.8 Å². The molecule has 0 spiro atoms. The second-order valence-corrected chi connectivity index (χ2v) is 7.98. The van der Waals surface area contributed by atoms with Gasteiger partial charge in [0.15, 0.2) is 5.96 Å². The lowest BCUT2D eigenvalue weighted by Gasteiger charge is -2.22. The Morgan fingerprint density at radius 1 is 1.10 bits per heavy atom. The molecule has 2 rings (SSSR count). The summed E-state index contributed by atoms with van der Waals surface area (Å²) in [6.45, 7) is 4.81. The first-order valence-electron chi connectivity index (χ1n) is 9.95. The highest BCUT2D eigenvalue weighted by Crippen LogP contribution is 2.13. The third kappa shape index (κ3) is 10.1. The largest absolute Gasteiger partial charge is 0.492 e. The second-order valence-electron chi connectivity index (χ2n) is 6.94. The molecule has 0 aliphatic heterocycles. The van der Waals surface area contributed by atoms with Gasteiger partial charge in [-0.3, -0.25) is 4.99 Å². The normalized spacial score (nSPS) is 11.3. The first kappa shape index (κ1) is 26.7. The Bertz CT molecular complexity index is 728. The van der Waals surface area contributed by atoms with E-state index in [0.717, 1.165) is 44.4 Å². The van der Waals surface area contributed by atoms with Crippen molar-refractivity contribution < 1.29 is 9.47 Å². The molecule has 30 heavy (non-hydrogen) atoms. The monoisotopic (exact) mass is 546 g/mol. The van der Waals surface area contributed by atoms with Crippen LogP contribution >= 0.6 is 35.3 Å². The minimum Gasteiger partial charge on any atom is -0.492 e. The van der Waals surface area contributed by atoms with Crippen LogP contribution in [-0.2, 0) is 17.7 Å². The van der Waals surface area contributed by atoms with E-state index in [1.54, 1.807) is 18.4 Å². The van der Waals surface area contributed by atoms with Crippen LogP contribution in [0.3, 0.4) is 0 Å². The van der Waals surface area contributed by atoms with E-state index < -0.39 is 0 Å². The zero-order chi connectivity index (χ0) is 20.9. The number of rotatable bonds is 12. The Hall–Kier alpha value is -1.36. The SMILES string of the molecule is CN=C(NCc1cccc(OCCN(C)CCOC)c1)N(C)CCc1cccs1.I. The van der Waals surface area contributed by atoms with Crippen molar-refractivity contribution in [1.29, 1.82) is 0 Å². The number of hydrogen-bond acceptors (Lipinski definition) is 5. The Morgan fingerprint density at radius 3 is 2.60 bits per heavy atom. The molecular weight excluding hydrogens is 511 g/mol. The van der Waals surface area contributed by atoms with Crippen molar-refractivity contribution in [3.05, 3.63) is 52.2 Å². The van der Waals surface area contributed by atoms with Gasteiger partial charge in [-0.05, 0) is 42.6 Å². The third-order valence-electron chi connectivity index (χ3n) is 4.62. The van der Waals surface area contributed by atoms with E-state index in [9.17, 15) is 0 Å². The van der Waals surface area contributed by atoms with Gasteiger partial charge in [-0.25, -0.2) is 0 Å². The van der Waals surface area contributed by atoms with Crippen LogP contribution in [0.5, 0.6) is 5.75 Å². The second kappa shape index (κ2) is 15.4. The minimum absolute atomic E-state index is 0. The van der Waals surface area contributed by atoms with Gasteiger partial charge in [-0.1, -0.05) is 18.2 Å². The molecule has 8 heteroatoms. The number of guanidine groups is 1. The highest BCUT2D eigenvalue weighted by atomic mass is 127. The topological polar surface area (TPSA) is 49.3 Å². The molecule has 0 unspecified atom stereocenters. The van der Waals surface area contributed by atoms with Crippen molar-refractivity contribution in [2.45, 2.75) is 13.0 Å². The molecule has 0 atom stereocenters. The molecule has 0 saturated carbocycles. The van der Waals surface area contributed by atoms with Crippen molar-refractivity contribution >= 4 is 41.3 Å². The number of aliphatic imine (C=N–C) groups is 1. The van der Waals surface area contributed by atoms with E-state index in [4.69, 9.17) is 9.47 Å². The zero-order valence-electron chi connectivity index (χ0n) is 18.5. The van der Waals surface area contributed by atoms with Gasteiger partial charge in [-0.2, -0.15) is 0 Å². The molecule has 1 N–H and O–H groups in total. The summed E-state index contributed by atoms with van der Waals surface area (Å²) in [6.07, 6.45) is 1.02. The summed E-state index contributed by atoms with van der Waals surface area (Å²) in [6, 6.07) is 12.5. The minimum atomic E-state index is 0. The maximum atomic E-state index is 5.91. The number of halogens is 1. The van der Waals surface area contributed by atoms with Gasteiger partial charge in [0.25, 0.3) is 0 Å². The van der Waals surface area contributed by atoms with E-state index in [0.29, 0.717) is 13.2 Å². The Labute approximate surface area is 202 Å². The number of thiophene rings is 1. The highest BCUT2D eigenvalue weighted by Gasteiger charge is 2.07. The van der Waals surface area contributed by atoms with Gasteiger partial charge in [0, 0.05) is 52.3 Å². The summed E-state index contributed by atoms with van der Waals surface area (Å²) < 4.78 is 11.0. The van der Waals surface area contributed by atoms with Gasteiger partial charge >= 0.3 is 0 Å². The maximum absolute atomic E-state index is 5.91. The first-order chi connectivity index (χ1) is 14.1. The summed E-state index contributed by atoms with van der Waals surface area (Å²) in [4.78, 5) is 10.2. The fourth-order valence-corrected chi connectivity index (χ4v) is 3.53. The molecule has 0 aliphatic carbocycles. The third-order valence-corrected chi connectivity index (χ3v) is 5.55. The zero-order valence-corrected chi connectivity index (χ0v) is 21.6. The number of likely N-dealkylation sites (N-methyl/N-ethyl adjacent to an activating group) is 2. The van der Waals surface area contributed by atoms with E-state index in [1.807, 2.05) is 19.2 Å². The van der Waals surface area contributed by atoms with E-state index in [-0.39, 0.29) is 24.0 Å². The summed E-state index contributed by atoms with van der Waals surface area (Å²) in [7, 11) is 7.69. The summed E-state index contributed by atoms with van der Waals surface area (Å²) >= 11 is 1.80. The van der Waals surface area contributed by atoms with Crippen molar-refractivity contribution in [3.8, 4) is 5.75 Å². The van der Waals surface area contributed by atoms with E-state index in [1.165, 1.54) is 10.4 Å². The van der Waals surface area contributed by atoms with Gasteiger partial charge in [0.05, 0.1) is 6.61 Å². The maximum Gasteiger partial charge on any atom is 0.193 e. The summed E-state index contributed by atoms with van der Waals surface area (Å²) in [5.41, 5.74) is 1.17. The molecule has 0 radical (unpaired) electrons. The fraction of sp³-hybridized carbons (Fsp3) is 0.500. The molecule has 0 saturated heterocycles. The molecule has 0 fully saturated rings. The van der Waals surface area contributed by atoms with Crippen LogP contribution in [0.15, 0.2) is 46.8 Å². The summed E-state index contributed by atoms with van der Waals surface area (Å²) in [5.74, 6) is 1.79. The lowest BCUT2D eigenvalue weighted by Crippen LogP contribution is -2.39. The molecule has 168 valence electrons. The Kier molecular flexibility index (Phi) is 13.7. The first-order valence-corrected chi connectivity index (χ1v) is 10.8. The predicted molar refractivity (Wildman–Crippen MR) is 138 cm³/mol. The predicted octanol–water partition coefficient (Wildman–Crippen LogP) is 3.57. The van der Waals surface area contributed by atoms with Crippen molar-refractivity contribution in [3.63, 3.8) is 0 Å². The Morgan fingerprint density at radius 2 is 1.90 bits per heavy atom. The highest BCUT2D eigenvalue weighted by molar-refractivity contribution is 14.0.